The van der Waals surface area contributed by atoms with E-state index in [1.807, 2.05) is 18.2 Å². The lowest BCUT2D eigenvalue weighted by atomic mass is 9.75. The molecule has 1 aliphatic carbocycles. The highest BCUT2D eigenvalue weighted by atomic mass is 32.1. The molecule has 1 aromatic rings. The van der Waals surface area contributed by atoms with Crippen molar-refractivity contribution < 1.29 is 0 Å². The summed E-state index contributed by atoms with van der Waals surface area (Å²) in [6.07, 6.45) is 7.01. The number of likely N-dealkylation sites (tertiary alicyclic amines) is 1. The van der Waals surface area contributed by atoms with Gasteiger partial charge in [0.25, 0.3) is 0 Å². The second-order valence-corrected chi connectivity index (χ2v) is 6.22. The van der Waals surface area contributed by atoms with E-state index < -0.39 is 0 Å². The molecule has 1 saturated heterocycles. The first-order valence-electron chi connectivity index (χ1n) is 7.44. The first kappa shape index (κ1) is 12.9. The maximum atomic E-state index is 5.56. The highest BCUT2D eigenvalue weighted by Crippen LogP contribution is 2.36. The predicted octanol–water partition coefficient (Wildman–Crippen LogP) is 3.90. The fourth-order valence-corrected chi connectivity index (χ4v) is 3.79. The van der Waals surface area contributed by atoms with Gasteiger partial charge in [-0.25, -0.2) is 0 Å². The average Bonchev–Trinajstić information content (AvgIpc) is 2.48. The Morgan fingerprint density at radius 3 is 2.58 bits per heavy atom. The maximum Gasteiger partial charge on any atom is 0.173 e. The number of hydrogen-bond acceptors (Lipinski definition) is 1. The minimum absolute atomic E-state index is 0.873. The van der Waals surface area contributed by atoms with Crippen molar-refractivity contribution in [2.45, 2.75) is 32.1 Å². The summed E-state index contributed by atoms with van der Waals surface area (Å²) in [7, 11) is 0. The molecule has 2 atom stereocenters. The molecule has 0 bridgehead atoms. The summed E-state index contributed by atoms with van der Waals surface area (Å²) in [6, 6.07) is 10.2. The van der Waals surface area contributed by atoms with Crippen molar-refractivity contribution in [1.29, 1.82) is 0 Å². The van der Waals surface area contributed by atoms with E-state index >= 15 is 0 Å². The summed E-state index contributed by atoms with van der Waals surface area (Å²) in [5.41, 5.74) is 1.10. The molecule has 102 valence electrons. The number of nitrogens with one attached hydrogen (secondary N) is 1. The maximum absolute atomic E-state index is 5.56. The van der Waals surface area contributed by atoms with Crippen LogP contribution in [0.5, 0.6) is 0 Å². The standard InChI is InChI=1S/C16H22N2S/c19-16(17-15-8-2-1-3-9-15)18-11-10-13-6-4-5-7-14(13)12-18/h1-3,8-9,13-14H,4-7,10-12H2,(H,17,19)/t13-,14+/m0/s1. The van der Waals surface area contributed by atoms with Crippen molar-refractivity contribution >= 4 is 23.0 Å². The van der Waals surface area contributed by atoms with E-state index in [9.17, 15) is 0 Å². The Labute approximate surface area is 121 Å². The number of thiocarbonyl (C=S) groups is 1. The largest absolute Gasteiger partial charge is 0.349 e. The molecule has 0 radical (unpaired) electrons. The van der Waals surface area contributed by atoms with Crippen LogP contribution >= 0.6 is 12.2 Å². The summed E-state index contributed by atoms with van der Waals surface area (Å²) in [4.78, 5) is 2.37. The number of hydrogen-bond donors (Lipinski definition) is 1. The van der Waals surface area contributed by atoms with E-state index in [0.29, 0.717) is 0 Å². The van der Waals surface area contributed by atoms with Gasteiger partial charge in [0, 0.05) is 18.8 Å². The molecule has 0 aromatic heterocycles. The third-order valence-electron chi connectivity index (χ3n) is 4.60. The van der Waals surface area contributed by atoms with Crippen LogP contribution in [0.1, 0.15) is 32.1 Å². The molecule has 0 spiro atoms. The van der Waals surface area contributed by atoms with E-state index in [-0.39, 0.29) is 0 Å². The molecular formula is C16H22N2S. The smallest absolute Gasteiger partial charge is 0.173 e. The Morgan fingerprint density at radius 2 is 1.79 bits per heavy atom. The zero-order chi connectivity index (χ0) is 13.1. The topological polar surface area (TPSA) is 15.3 Å². The Bertz CT molecular complexity index is 432. The Kier molecular flexibility index (Phi) is 4.02. The van der Waals surface area contributed by atoms with Crippen LogP contribution in [0.15, 0.2) is 30.3 Å². The highest BCUT2D eigenvalue weighted by Gasteiger charge is 2.31. The summed E-state index contributed by atoms with van der Waals surface area (Å²) in [5.74, 6) is 1.84. The number of anilines is 1. The number of para-hydroxylation sites is 1. The van der Waals surface area contributed by atoms with Crippen LogP contribution in [0, 0.1) is 11.8 Å². The predicted molar refractivity (Wildman–Crippen MR) is 84.3 cm³/mol. The lowest BCUT2D eigenvalue weighted by molar-refractivity contribution is 0.131. The van der Waals surface area contributed by atoms with Gasteiger partial charge in [0.1, 0.15) is 0 Å². The Balaban J connectivity index is 1.59. The molecular weight excluding hydrogens is 252 g/mol. The van der Waals surface area contributed by atoms with Crippen LogP contribution in [0.25, 0.3) is 0 Å². The third-order valence-corrected chi connectivity index (χ3v) is 4.96. The zero-order valence-electron chi connectivity index (χ0n) is 11.3. The molecule has 1 heterocycles. The van der Waals surface area contributed by atoms with Gasteiger partial charge in [-0.1, -0.05) is 37.5 Å². The summed E-state index contributed by atoms with van der Waals surface area (Å²) >= 11 is 5.56. The minimum Gasteiger partial charge on any atom is -0.349 e. The van der Waals surface area contributed by atoms with Crippen molar-refractivity contribution in [3.05, 3.63) is 30.3 Å². The molecule has 1 N–H and O–H groups in total. The van der Waals surface area contributed by atoms with Gasteiger partial charge in [-0.2, -0.15) is 0 Å². The summed E-state index contributed by atoms with van der Waals surface area (Å²) in [6.45, 7) is 2.28. The Morgan fingerprint density at radius 1 is 1.05 bits per heavy atom. The van der Waals surface area contributed by atoms with Crippen LogP contribution in [-0.4, -0.2) is 23.1 Å². The Hall–Kier alpha value is -1.09. The lowest BCUT2D eigenvalue weighted by Gasteiger charge is -2.42. The molecule has 1 aliphatic heterocycles. The van der Waals surface area contributed by atoms with Gasteiger partial charge >= 0.3 is 0 Å². The molecule has 3 rings (SSSR count). The first-order chi connectivity index (χ1) is 9.33. The number of benzene rings is 1. The molecule has 0 unspecified atom stereocenters. The number of rotatable bonds is 1. The van der Waals surface area contributed by atoms with Crippen LogP contribution in [0.4, 0.5) is 5.69 Å². The van der Waals surface area contributed by atoms with Gasteiger partial charge < -0.3 is 10.2 Å². The average molecular weight is 274 g/mol. The van der Waals surface area contributed by atoms with Crippen molar-refractivity contribution in [2.75, 3.05) is 18.4 Å². The fraction of sp³-hybridized carbons (Fsp3) is 0.562. The van der Waals surface area contributed by atoms with Gasteiger partial charge in [0.2, 0.25) is 0 Å². The van der Waals surface area contributed by atoms with Crippen molar-refractivity contribution in [3.8, 4) is 0 Å². The third kappa shape index (κ3) is 3.08. The molecule has 3 heteroatoms. The molecule has 0 amide bonds. The molecule has 19 heavy (non-hydrogen) atoms. The van der Waals surface area contributed by atoms with E-state index in [0.717, 1.165) is 35.7 Å². The quantitative estimate of drug-likeness (QED) is 0.782. The van der Waals surface area contributed by atoms with Crippen LogP contribution in [0.2, 0.25) is 0 Å². The molecule has 1 aromatic carbocycles. The van der Waals surface area contributed by atoms with Gasteiger partial charge in [-0.15, -0.1) is 0 Å². The SMILES string of the molecule is S=C(Nc1ccccc1)N1CC[C@@H]2CCCC[C@@H]2C1. The van der Waals surface area contributed by atoms with Crippen molar-refractivity contribution in [2.24, 2.45) is 11.8 Å². The van der Waals surface area contributed by atoms with E-state index in [4.69, 9.17) is 12.2 Å². The van der Waals surface area contributed by atoms with E-state index in [1.165, 1.54) is 32.1 Å². The second-order valence-electron chi connectivity index (χ2n) is 5.84. The monoisotopic (exact) mass is 274 g/mol. The summed E-state index contributed by atoms with van der Waals surface area (Å²) < 4.78 is 0. The zero-order valence-corrected chi connectivity index (χ0v) is 12.2. The normalized spacial score (nSPS) is 26.6. The number of piperidine rings is 1. The number of nitrogens with zero attached hydrogens (tertiary/aromatic N) is 1. The molecule has 2 aliphatic rings. The van der Waals surface area contributed by atoms with Gasteiger partial charge in [0.15, 0.2) is 5.11 Å². The highest BCUT2D eigenvalue weighted by molar-refractivity contribution is 7.80. The minimum atomic E-state index is 0.873. The van der Waals surface area contributed by atoms with Crippen LogP contribution in [0.3, 0.4) is 0 Å². The van der Waals surface area contributed by atoms with E-state index in [1.54, 1.807) is 0 Å². The van der Waals surface area contributed by atoms with E-state index in [2.05, 4.69) is 22.3 Å². The van der Waals surface area contributed by atoms with Gasteiger partial charge in [0.05, 0.1) is 0 Å². The van der Waals surface area contributed by atoms with Gasteiger partial charge in [-0.05, 0) is 49.0 Å². The van der Waals surface area contributed by atoms with Crippen LogP contribution in [-0.2, 0) is 0 Å². The molecule has 2 nitrogen and oxygen atoms in total. The van der Waals surface area contributed by atoms with Crippen molar-refractivity contribution in [3.63, 3.8) is 0 Å². The first-order valence-corrected chi connectivity index (χ1v) is 7.85. The fourth-order valence-electron chi connectivity index (χ4n) is 3.51. The summed E-state index contributed by atoms with van der Waals surface area (Å²) in [5, 5.41) is 4.26. The second kappa shape index (κ2) is 5.91. The van der Waals surface area contributed by atoms with Crippen molar-refractivity contribution in [1.82, 2.24) is 4.90 Å². The molecule has 1 saturated carbocycles. The number of fused-ring (bicyclic) bond motifs is 1. The molecule has 2 fully saturated rings. The van der Waals surface area contributed by atoms with Gasteiger partial charge in [-0.3, -0.25) is 0 Å². The lowest BCUT2D eigenvalue weighted by Crippen LogP contribution is -2.46. The van der Waals surface area contributed by atoms with Crippen LogP contribution < -0.4 is 5.32 Å².